The van der Waals surface area contributed by atoms with Crippen molar-refractivity contribution in [3.8, 4) is 0 Å². The number of aryl methyl sites for hydroxylation is 1. The monoisotopic (exact) mass is 393 g/mol. The molecule has 3 nitrogen and oxygen atoms in total. The second kappa shape index (κ2) is 5.93. The molecule has 0 bridgehead atoms. The van der Waals surface area contributed by atoms with Gasteiger partial charge in [-0.15, -0.1) is 0 Å². The molecule has 0 aliphatic rings. The second-order valence-electron chi connectivity index (χ2n) is 4.14. The van der Waals surface area contributed by atoms with Crippen molar-refractivity contribution < 1.29 is 8.42 Å². The lowest BCUT2D eigenvalue weighted by atomic mass is 10.2. The average molecular weight is 395 g/mol. The van der Waals surface area contributed by atoms with Crippen LogP contribution in [0.2, 0.25) is 10.0 Å². The highest BCUT2D eigenvalue weighted by molar-refractivity contribution is 9.10. The van der Waals surface area contributed by atoms with Crippen LogP contribution in [0, 0.1) is 6.92 Å². The summed E-state index contributed by atoms with van der Waals surface area (Å²) in [7, 11) is -3.69. The van der Waals surface area contributed by atoms with Crippen LogP contribution in [0.4, 0.5) is 5.69 Å². The fourth-order valence-corrected chi connectivity index (χ4v) is 3.48. The van der Waals surface area contributed by atoms with Crippen LogP contribution in [0.1, 0.15) is 5.56 Å². The summed E-state index contributed by atoms with van der Waals surface area (Å²) in [6, 6.07) is 9.35. The molecule has 0 fully saturated rings. The molecule has 0 aliphatic carbocycles. The maximum absolute atomic E-state index is 12.3. The van der Waals surface area contributed by atoms with E-state index in [0.29, 0.717) is 5.02 Å². The molecule has 106 valence electrons. The molecule has 0 saturated carbocycles. The van der Waals surface area contributed by atoms with E-state index in [1.165, 1.54) is 18.2 Å². The summed E-state index contributed by atoms with van der Waals surface area (Å²) in [4.78, 5) is 0.171. The Balaban J connectivity index is 2.38. The van der Waals surface area contributed by atoms with E-state index in [1.807, 2.05) is 6.92 Å². The Morgan fingerprint density at radius 1 is 1.10 bits per heavy atom. The van der Waals surface area contributed by atoms with Gasteiger partial charge in [-0.25, -0.2) is 8.42 Å². The Bertz CT molecular complexity index is 763. The maximum Gasteiger partial charge on any atom is 0.261 e. The van der Waals surface area contributed by atoms with E-state index in [2.05, 4.69) is 20.7 Å². The second-order valence-corrected chi connectivity index (χ2v) is 7.52. The summed E-state index contributed by atoms with van der Waals surface area (Å²) in [5.41, 5.74) is 1.12. The fraction of sp³-hybridized carbons (Fsp3) is 0.0769. The molecule has 0 saturated heterocycles. The lowest BCUT2D eigenvalue weighted by Crippen LogP contribution is -2.13. The number of benzene rings is 2. The third-order valence-corrected chi connectivity index (χ3v) is 5.42. The predicted octanol–water partition coefficient (Wildman–Crippen LogP) is 4.87. The van der Waals surface area contributed by atoms with E-state index < -0.39 is 10.0 Å². The topological polar surface area (TPSA) is 46.2 Å². The number of hydrogen-bond acceptors (Lipinski definition) is 2. The van der Waals surface area contributed by atoms with Gasteiger partial charge in [0, 0.05) is 9.50 Å². The first-order chi connectivity index (χ1) is 9.29. The van der Waals surface area contributed by atoms with Gasteiger partial charge in [0.25, 0.3) is 10.0 Å². The molecule has 1 N–H and O–H groups in total. The standard InChI is InChI=1S/C13H10BrCl2NO2S/c1-8-6-10(3-4-11(8)14)20(18,19)17-13-5-2-9(15)7-12(13)16/h2-7,17H,1H3. The first-order valence-electron chi connectivity index (χ1n) is 5.53. The average Bonchev–Trinajstić information content (AvgIpc) is 2.36. The third kappa shape index (κ3) is 3.47. The van der Waals surface area contributed by atoms with Crippen molar-refractivity contribution >= 4 is 54.8 Å². The summed E-state index contributed by atoms with van der Waals surface area (Å²) >= 11 is 15.1. The number of sulfonamides is 1. The van der Waals surface area contributed by atoms with Crippen molar-refractivity contribution in [1.29, 1.82) is 0 Å². The van der Waals surface area contributed by atoms with Gasteiger partial charge in [0.2, 0.25) is 0 Å². The van der Waals surface area contributed by atoms with E-state index in [4.69, 9.17) is 23.2 Å². The zero-order valence-electron chi connectivity index (χ0n) is 10.3. The molecule has 7 heteroatoms. The fourth-order valence-electron chi connectivity index (χ4n) is 1.56. The molecule has 2 rings (SSSR count). The van der Waals surface area contributed by atoms with E-state index >= 15 is 0 Å². The highest BCUT2D eigenvalue weighted by Gasteiger charge is 2.16. The summed E-state index contributed by atoms with van der Waals surface area (Å²) < 4.78 is 27.9. The SMILES string of the molecule is Cc1cc(S(=O)(=O)Nc2ccc(Cl)cc2Cl)ccc1Br. The molecule has 0 atom stereocenters. The van der Waals surface area contributed by atoms with E-state index in [-0.39, 0.29) is 15.6 Å². The van der Waals surface area contributed by atoms with Gasteiger partial charge in [0.1, 0.15) is 0 Å². The zero-order valence-corrected chi connectivity index (χ0v) is 14.2. The quantitative estimate of drug-likeness (QED) is 0.807. The smallest absolute Gasteiger partial charge is 0.261 e. The number of rotatable bonds is 3. The van der Waals surface area contributed by atoms with Gasteiger partial charge in [-0.3, -0.25) is 4.72 Å². The van der Waals surface area contributed by atoms with Crippen molar-refractivity contribution in [2.45, 2.75) is 11.8 Å². The summed E-state index contributed by atoms with van der Waals surface area (Å²) in [6.07, 6.45) is 0. The van der Waals surface area contributed by atoms with Gasteiger partial charge in [0.05, 0.1) is 15.6 Å². The van der Waals surface area contributed by atoms with E-state index in [1.54, 1.807) is 18.2 Å². The van der Waals surface area contributed by atoms with Crippen molar-refractivity contribution in [3.63, 3.8) is 0 Å². The van der Waals surface area contributed by atoms with Crippen LogP contribution >= 0.6 is 39.1 Å². The first kappa shape index (κ1) is 15.6. The van der Waals surface area contributed by atoms with E-state index in [0.717, 1.165) is 10.0 Å². The lowest BCUT2D eigenvalue weighted by molar-refractivity contribution is 0.601. The van der Waals surface area contributed by atoms with Crippen LogP contribution in [-0.2, 0) is 10.0 Å². The number of hydrogen-bond donors (Lipinski definition) is 1. The molecule has 20 heavy (non-hydrogen) atoms. The van der Waals surface area contributed by atoms with Crippen LogP contribution in [0.3, 0.4) is 0 Å². The molecule has 0 heterocycles. The summed E-state index contributed by atoms with van der Waals surface area (Å²) in [5.74, 6) is 0. The third-order valence-electron chi connectivity index (χ3n) is 2.62. The largest absolute Gasteiger partial charge is 0.278 e. The van der Waals surface area contributed by atoms with Gasteiger partial charge in [-0.1, -0.05) is 39.1 Å². The minimum absolute atomic E-state index is 0.171. The predicted molar refractivity (Wildman–Crippen MR) is 86.1 cm³/mol. The molecule has 0 amide bonds. The van der Waals surface area contributed by atoms with Gasteiger partial charge >= 0.3 is 0 Å². The molecule has 0 unspecified atom stereocenters. The molecule has 2 aromatic carbocycles. The minimum atomic E-state index is -3.69. The van der Waals surface area contributed by atoms with Crippen LogP contribution in [0.25, 0.3) is 0 Å². The van der Waals surface area contributed by atoms with E-state index in [9.17, 15) is 8.42 Å². The van der Waals surface area contributed by atoms with Crippen LogP contribution in [0.15, 0.2) is 45.8 Å². The molecule has 2 aromatic rings. The van der Waals surface area contributed by atoms with Crippen LogP contribution in [0.5, 0.6) is 0 Å². The number of halogens is 3. The Labute approximate surface area is 136 Å². The highest BCUT2D eigenvalue weighted by Crippen LogP contribution is 2.28. The lowest BCUT2D eigenvalue weighted by Gasteiger charge is -2.10. The zero-order chi connectivity index (χ0) is 14.9. The van der Waals surface area contributed by atoms with Crippen molar-refractivity contribution in [3.05, 3.63) is 56.5 Å². The van der Waals surface area contributed by atoms with Crippen LogP contribution < -0.4 is 4.72 Å². The first-order valence-corrected chi connectivity index (χ1v) is 8.57. The molecule has 0 spiro atoms. The Morgan fingerprint density at radius 3 is 2.40 bits per heavy atom. The molecule has 0 aliphatic heterocycles. The van der Waals surface area contributed by atoms with Crippen molar-refractivity contribution in [1.82, 2.24) is 0 Å². The van der Waals surface area contributed by atoms with Gasteiger partial charge in [-0.2, -0.15) is 0 Å². The normalized spacial score (nSPS) is 11.4. The molecule has 0 aromatic heterocycles. The number of anilines is 1. The molecular formula is C13H10BrCl2NO2S. The van der Waals surface area contributed by atoms with Crippen LogP contribution in [-0.4, -0.2) is 8.42 Å². The van der Waals surface area contributed by atoms with Crippen molar-refractivity contribution in [2.75, 3.05) is 4.72 Å². The molecular weight excluding hydrogens is 385 g/mol. The van der Waals surface area contributed by atoms with Crippen molar-refractivity contribution in [2.24, 2.45) is 0 Å². The number of nitrogens with one attached hydrogen (secondary N) is 1. The Hall–Kier alpha value is -0.750. The minimum Gasteiger partial charge on any atom is -0.278 e. The Kier molecular flexibility index (Phi) is 4.64. The summed E-state index contributed by atoms with van der Waals surface area (Å²) in [6.45, 7) is 1.82. The van der Waals surface area contributed by atoms with Gasteiger partial charge in [-0.05, 0) is 48.9 Å². The highest BCUT2D eigenvalue weighted by atomic mass is 79.9. The maximum atomic E-state index is 12.3. The summed E-state index contributed by atoms with van der Waals surface area (Å²) in [5, 5.41) is 0.687. The molecule has 0 radical (unpaired) electrons. The van der Waals surface area contributed by atoms with Gasteiger partial charge < -0.3 is 0 Å². The van der Waals surface area contributed by atoms with Gasteiger partial charge in [0.15, 0.2) is 0 Å². The Morgan fingerprint density at radius 2 is 1.80 bits per heavy atom.